The summed E-state index contributed by atoms with van der Waals surface area (Å²) < 4.78 is 19.1. The highest BCUT2D eigenvalue weighted by molar-refractivity contribution is 7.11. The number of aromatic carboxylic acids is 1. The smallest absolute Gasteiger partial charge is 0.354 e. The highest BCUT2D eigenvalue weighted by Gasteiger charge is 2.42. The molecule has 230 valence electrons. The predicted octanol–water partition coefficient (Wildman–Crippen LogP) is 3.81. The molecule has 2 N–H and O–H groups in total. The van der Waals surface area contributed by atoms with Gasteiger partial charge in [-0.2, -0.15) is 0 Å². The minimum absolute atomic E-state index is 0. The first-order chi connectivity index (χ1) is 20.7. The van der Waals surface area contributed by atoms with Crippen LogP contribution in [0.2, 0.25) is 5.02 Å². The van der Waals surface area contributed by atoms with Crippen LogP contribution in [0, 0.1) is 5.82 Å². The van der Waals surface area contributed by atoms with E-state index in [-0.39, 0.29) is 35.8 Å². The molecule has 1 unspecified atom stereocenters. The number of carboxylic acids is 1. The molecule has 3 aliphatic rings. The molecule has 12 nitrogen and oxygen atoms in total. The van der Waals surface area contributed by atoms with E-state index in [4.69, 9.17) is 26.4 Å². The fourth-order valence-corrected chi connectivity index (χ4v) is 6.35. The van der Waals surface area contributed by atoms with Gasteiger partial charge in [-0.3, -0.25) is 14.8 Å². The van der Waals surface area contributed by atoms with E-state index in [0.717, 1.165) is 0 Å². The number of anilines is 1. The van der Waals surface area contributed by atoms with Gasteiger partial charge in [0.05, 0.1) is 30.6 Å². The van der Waals surface area contributed by atoms with E-state index in [2.05, 4.69) is 20.2 Å². The molecular formula is C29H29ClFN7O5S. The summed E-state index contributed by atoms with van der Waals surface area (Å²) in [5.74, 6) is -1.81. The SMILES string of the molecule is C.COC(=O)C1=C(CN2CCN3C(=O)N(c4ccc(C(=O)O)nc4)CC3C2)NC(c2nccs2)=N[C@H]1c1ccc(F)cc1Cl. The van der Waals surface area contributed by atoms with Gasteiger partial charge in [-0.1, -0.05) is 25.1 Å². The molecule has 44 heavy (non-hydrogen) atoms. The number of carbonyl (C=O) groups excluding carboxylic acids is 2. The van der Waals surface area contributed by atoms with Crippen molar-refractivity contribution in [3.8, 4) is 0 Å². The van der Waals surface area contributed by atoms with Crippen molar-refractivity contribution >= 4 is 52.4 Å². The van der Waals surface area contributed by atoms with E-state index >= 15 is 0 Å². The zero-order valence-electron chi connectivity index (χ0n) is 22.7. The fourth-order valence-electron chi connectivity index (χ4n) is 5.50. The number of benzene rings is 1. The Kier molecular flexibility index (Phi) is 8.95. The number of ether oxygens (including phenoxy) is 1. The predicted molar refractivity (Wildman–Crippen MR) is 163 cm³/mol. The maximum atomic E-state index is 13.9. The number of nitrogens with zero attached hydrogens (tertiary/aromatic N) is 6. The number of thiazole rings is 1. The Labute approximate surface area is 261 Å². The Morgan fingerprint density at radius 2 is 2.02 bits per heavy atom. The van der Waals surface area contributed by atoms with Crippen LogP contribution in [-0.4, -0.2) is 94.6 Å². The Morgan fingerprint density at radius 3 is 2.68 bits per heavy atom. The van der Waals surface area contributed by atoms with Crippen LogP contribution in [-0.2, 0) is 9.53 Å². The number of piperazine rings is 1. The van der Waals surface area contributed by atoms with Gasteiger partial charge in [-0.05, 0) is 24.3 Å². The van der Waals surface area contributed by atoms with Crippen LogP contribution < -0.4 is 10.2 Å². The van der Waals surface area contributed by atoms with E-state index in [0.29, 0.717) is 60.5 Å². The molecule has 0 bridgehead atoms. The maximum Gasteiger partial charge on any atom is 0.354 e. The minimum atomic E-state index is -1.14. The molecule has 2 fully saturated rings. The number of carbonyl (C=O) groups is 3. The van der Waals surface area contributed by atoms with Crippen LogP contribution in [0.25, 0.3) is 0 Å². The molecule has 3 aliphatic heterocycles. The number of hydrogen-bond acceptors (Lipinski definition) is 10. The molecule has 2 saturated heterocycles. The average molecular weight is 642 g/mol. The number of aromatic nitrogens is 2. The molecule has 2 aromatic heterocycles. The van der Waals surface area contributed by atoms with Gasteiger partial charge in [0.1, 0.15) is 17.6 Å². The van der Waals surface area contributed by atoms with Gasteiger partial charge < -0.3 is 20.1 Å². The fraction of sp³-hybridized carbons (Fsp3) is 0.310. The van der Waals surface area contributed by atoms with Gasteiger partial charge >= 0.3 is 18.0 Å². The lowest BCUT2D eigenvalue weighted by Gasteiger charge is -2.38. The van der Waals surface area contributed by atoms with E-state index in [9.17, 15) is 18.8 Å². The molecule has 1 aromatic carbocycles. The van der Waals surface area contributed by atoms with Crippen molar-refractivity contribution in [3.63, 3.8) is 0 Å². The number of esters is 1. The van der Waals surface area contributed by atoms with Crippen LogP contribution >= 0.6 is 22.9 Å². The number of fused-ring (bicyclic) bond motifs is 1. The standard InChI is InChI=1S/C28H25ClFN7O5S.CH4/c1-42-27(40)22-21(33-24(25-31-6-9-43-25)34-23(22)18-4-2-15(30)10-19(18)29)14-35-7-8-36-17(12-35)13-37(28(36)41)16-3-5-20(26(38)39)32-11-16;/h2-6,9-11,17,23H,7-8,12-14H2,1H3,(H,33,34)(H,38,39);1H4/t17?,23-;/m0./s1. The summed E-state index contributed by atoms with van der Waals surface area (Å²) in [4.78, 5) is 56.2. The monoisotopic (exact) mass is 641 g/mol. The highest BCUT2D eigenvalue weighted by atomic mass is 35.5. The number of nitrogens with one attached hydrogen (secondary N) is 1. The largest absolute Gasteiger partial charge is 0.477 e. The lowest BCUT2D eigenvalue weighted by Crippen LogP contribution is -2.53. The number of urea groups is 1. The summed E-state index contributed by atoms with van der Waals surface area (Å²) in [7, 11) is 1.28. The average Bonchev–Trinajstić information content (AvgIpc) is 3.65. The number of amidine groups is 1. The number of hydrogen-bond donors (Lipinski definition) is 2. The van der Waals surface area contributed by atoms with Gasteiger partial charge in [0, 0.05) is 60.6 Å². The van der Waals surface area contributed by atoms with Crippen molar-refractivity contribution in [3.05, 3.63) is 86.5 Å². The Balaban J connectivity index is 0.00000384. The Bertz CT molecular complexity index is 1650. The summed E-state index contributed by atoms with van der Waals surface area (Å²) in [5, 5.41) is 15.0. The van der Waals surface area contributed by atoms with Crippen molar-refractivity contribution in [2.75, 3.05) is 44.7 Å². The molecule has 2 amide bonds. The zero-order chi connectivity index (χ0) is 30.2. The molecule has 0 spiro atoms. The zero-order valence-corrected chi connectivity index (χ0v) is 24.3. The quantitative estimate of drug-likeness (QED) is 0.369. The van der Waals surface area contributed by atoms with Crippen molar-refractivity contribution in [1.82, 2.24) is 25.1 Å². The van der Waals surface area contributed by atoms with Gasteiger partial charge in [0.2, 0.25) is 0 Å². The normalized spacial score (nSPS) is 20.1. The van der Waals surface area contributed by atoms with E-state index in [1.54, 1.807) is 22.1 Å². The topological polar surface area (TPSA) is 141 Å². The van der Waals surface area contributed by atoms with Crippen molar-refractivity contribution in [2.24, 2.45) is 4.99 Å². The third kappa shape index (κ3) is 5.87. The second kappa shape index (κ2) is 12.7. The number of aliphatic imine (C=N–C) groups is 1. The Morgan fingerprint density at radius 1 is 1.20 bits per heavy atom. The number of halogens is 2. The van der Waals surface area contributed by atoms with Gasteiger partial charge in [0.15, 0.2) is 10.8 Å². The first-order valence-electron chi connectivity index (χ1n) is 13.2. The van der Waals surface area contributed by atoms with Crippen LogP contribution in [0.3, 0.4) is 0 Å². The summed E-state index contributed by atoms with van der Waals surface area (Å²) in [6, 6.07) is 5.69. The second-order valence-electron chi connectivity index (χ2n) is 10.1. The maximum absolute atomic E-state index is 13.9. The Hall–Kier alpha value is -4.40. The van der Waals surface area contributed by atoms with E-state index in [1.165, 1.54) is 48.9 Å². The molecule has 0 radical (unpaired) electrons. The number of rotatable bonds is 7. The van der Waals surface area contributed by atoms with Crippen molar-refractivity contribution < 1.29 is 28.6 Å². The van der Waals surface area contributed by atoms with Crippen molar-refractivity contribution in [2.45, 2.75) is 19.5 Å². The molecular weight excluding hydrogens is 613 g/mol. The van der Waals surface area contributed by atoms with Crippen molar-refractivity contribution in [1.29, 1.82) is 0 Å². The van der Waals surface area contributed by atoms with Gasteiger partial charge in [0.25, 0.3) is 0 Å². The number of amides is 2. The van der Waals surface area contributed by atoms with Crippen LogP contribution in [0.5, 0.6) is 0 Å². The molecule has 0 aliphatic carbocycles. The molecule has 3 aromatic rings. The van der Waals surface area contributed by atoms with E-state index in [1.807, 2.05) is 5.38 Å². The number of pyridine rings is 1. The summed E-state index contributed by atoms with van der Waals surface area (Å²) in [5.41, 5.74) is 1.65. The number of methoxy groups -OCH3 is 1. The third-order valence-electron chi connectivity index (χ3n) is 7.52. The molecule has 0 saturated carbocycles. The first-order valence-corrected chi connectivity index (χ1v) is 14.5. The lowest BCUT2D eigenvalue weighted by molar-refractivity contribution is -0.136. The molecule has 2 atom stereocenters. The summed E-state index contributed by atoms with van der Waals surface area (Å²) in [6.07, 6.45) is 3.03. The molecule has 6 rings (SSSR count). The van der Waals surface area contributed by atoms with Crippen LogP contribution in [0.15, 0.2) is 64.4 Å². The minimum Gasteiger partial charge on any atom is -0.477 e. The second-order valence-corrected chi connectivity index (χ2v) is 11.4. The van der Waals surface area contributed by atoms with Gasteiger partial charge in [-0.25, -0.2) is 28.7 Å². The summed E-state index contributed by atoms with van der Waals surface area (Å²) in [6.45, 7) is 2.17. The van der Waals surface area contributed by atoms with Crippen LogP contribution in [0.1, 0.15) is 34.5 Å². The molecule has 15 heteroatoms. The van der Waals surface area contributed by atoms with E-state index < -0.39 is 23.8 Å². The highest BCUT2D eigenvalue weighted by Crippen LogP contribution is 2.37. The molecule has 5 heterocycles. The van der Waals surface area contributed by atoms with Crippen LogP contribution in [0.4, 0.5) is 14.9 Å². The summed E-state index contributed by atoms with van der Waals surface area (Å²) >= 11 is 7.82. The lowest BCUT2D eigenvalue weighted by atomic mass is 9.95. The first kappa shape index (κ1) is 31.0. The van der Waals surface area contributed by atoms with Gasteiger partial charge in [-0.15, -0.1) is 11.3 Å². The number of carboxylic acid groups (broad SMARTS) is 1. The third-order valence-corrected chi connectivity index (χ3v) is 8.63.